The van der Waals surface area contributed by atoms with Crippen molar-refractivity contribution in [2.75, 3.05) is 33.2 Å². The topological polar surface area (TPSA) is 23.6 Å². The van der Waals surface area contributed by atoms with Crippen LogP contribution in [0.5, 0.6) is 0 Å². The fourth-order valence-electron chi connectivity index (χ4n) is 3.15. The van der Waals surface area contributed by atoms with Gasteiger partial charge >= 0.3 is 0 Å². The molecule has 0 N–H and O–H groups in total. The molecule has 1 saturated heterocycles. The predicted molar refractivity (Wildman–Crippen MR) is 90.3 cm³/mol. The van der Waals surface area contributed by atoms with Crippen molar-refractivity contribution in [3.63, 3.8) is 0 Å². The van der Waals surface area contributed by atoms with Crippen molar-refractivity contribution < 1.29 is 4.79 Å². The molecule has 124 valence electrons. The first-order chi connectivity index (χ1) is 9.79. The summed E-state index contributed by atoms with van der Waals surface area (Å²) in [5.74, 6) is 1.27. The molecule has 1 fully saturated rings. The van der Waals surface area contributed by atoms with Gasteiger partial charge in [0.2, 0.25) is 5.91 Å². The monoisotopic (exact) mass is 296 g/mol. The molecule has 0 aromatic carbocycles. The van der Waals surface area contributed by atoms with E-state index in [0.717, 1.165) is 25.6 Å². The van der Waals surface area contributed by atoms with E-state index >= 15 is 0 Å². The molecule has 0 radical (unpaired) electrons. The Morgan fingerprint density at radius 2 is 1.81 bits per heavy atom. The first-order valence-corrected chi connectivity index (χ1v) is 8.77. The highest BCUT2D eigenvalue weighted by atomic mass is 16.2. The summed E-state index contributed by atoms with van der Waals surface area (Å²) in [7, 11) is 2.24. The second-order valence-electron chi connectivity index (χ2n) is 7.79. The average Bonchev–Trinajstić information content (AvgIpc) is 2.36. The lowest BCUT2D eigenvalue weighted by atomic mass is 9.74. The van der Waals surface area contributed by atoms with E-state index in [2.05, 4.69) is 32.7 Å². The Labute approximate surface area is 132 Å². The smallest absolute Gasteiger partial charge is 0.225 e. The van der Waals surface area contributed by atoms with Crippen molar-refractivity contribution in [3.05, 3.63) is 0 Å². The Kier molecular flexibility index (Phi) is 7.19. The molecule has 1 amide bonds. The molecule has 3 heteroatoms. The molecule has 0 aliphatic carbocycles. The zero-order valence-electron chi connectivity index (χ0n) is 15.1. The molecule has 3 nitrogen and oxygen atoms in total. The van der Waals surface area contributed by atoms with Crippen LogP contribution in [0.1, 0.15) is 60.3 Å². The predicted octanol–water partition coefficient (Wildman–Crippen LogP) is 3.64. The first kappa shape index (κ1) is 18.5. The Morgan fingerprint density at radius 3 is 2.29 bits per heavy atom. The van der Waals surface area contributed by atoms with Crippen molar-refractivity contribution in [1.29, 1.82) is 0 Å². The van der Waals surface area contributed by atoms with Gasteiger partial charge in [-0.25, -0.2) is 0 Å². The molecular weight excluding hydrogens is 260 g/mol. The van der Waals surface area contributed by atoms with Crippen LogP contribution in [0.4, 0.5) is 0 Å². The van der Waals surface area contributed by atoms with E-state index in [1.807, 2.05) is 18.7 Å². The summed E-state index contributed by atoms with van der Waals surface area (Å²) in [6.07, 6.45) is 5.03. The molecule has 0 atom stereocenters. The molecule has 0 unspecified atom stereocenters. The molecule has 0 saturated carbocycles. The average molecular weight is 296 g/mol. The second kappa shape index (κ2) is 8.17. The molecule has 1 aliphatic rings. The van der Waals surface area contributed by atoms with Crippen LogP contribution >= 0.6 is 0 Å². The third kappa shape index (κ3) is 5.61. The number of nitrogens with zero attached hydrogens (tertiary/aromatic N) is 2. The van der Waals surface area contributed by atoms with E-state index in [9.17, 15) is 4.79 Å². The Morgan fingerprint density at radius 1 is 1.19 bits per heavy atom. The minimum absolute atomic E-state index is 0.138. The van der Waals surface area contributed by atoms with Gasteiger partial charge in [-0.2, -0.15) is 0 Å². The van der Waals surface area contributed by atoms with Crippen LogP contribution in [0.25, 0.3) is 0 Å². The van der Waals surface area contributed by atoms with Crippen molar-refractivity contribution in [3.8, 4) is 0 Å². The number of carbonyl (C=O) groups is 1. The minimum Gasteiger partial charge on any atom is -0.341 e. The summed E-state index contributed by atoms with van der Waals surface area (Å²) in [5.41, 5.74) is 0.386. The fourth-order valence-corrected chi connectivity index (χ4v) is 3.15. The van der Waals surface area contributed by atoms with E-state index in [-0.39, 0.29) is 5.92 Å². The van der Waals surface area contributed by atoms with Crippen molar-refractivity contribution in [2.45, 2.75) is 60.3 Å². The fraction of sp³-hybridized carbons (Fsp3) is 0.944. The van der Waals surface area contributed by atoms with Gasteiger partial charge in [-0.15, -0.1) is 0 Å². The summed E-state index contributed by atoms with van der Waals surface area (Å²) in [5, 5.41) is 0. The van der Waals surface area contributed by atoms with Crippen LogP contribution in [0.15, 0.2) is 0 Å². The van der Waals surface area contributed by atoms with Gasteiger partial charge in [0.15, 0.2) is 0 Å². The van der Waals surface area contributed by atoms with E-state index < -0.39 is 0 Å². The number of rotatable bonds is 9. The molecule has 21 heavy (non-hydrogen) atoms. The summed E-state index contributed by atoms with van der Waals surface area (Å²) < 4.78 is 0. The number of hydrogen-bond donors (Lipinski definition) is 0. The zero-order valence-corrected chi connectivity index (χ0v) is 15.1. The van der Waals surface area contributed by atoms with Crippen LogP contribution in [0, 0.1) is 17.3 Å². The highest BCUT2D eigenvalue weighted by Gasteiger charge is 2.43. The molecule has 0 aromatic heterocycles. The molecule has 1 aliphatic heterocycles. The normalized spacial score (nSPS) is 17.7. The van der Waals surface area contributed by atoms with Crippen molar-refractivity contribution in [1.82, 2.24) is 9.80 Å². The lowest BCUT2D eigenvalue weighted by molar-refractivity contribution is -0.147. The van der Waals surface area contributed by atoms with Gasteiger partial charge in [0, 0.05) is 24.4 Å². The zero-order chi connectivity index (χ0) is 16.0. The highest BCUT2D eigenvalue weighted by molar-refractivity contribution is 5.79. The van der Waals surface area contributed by atoms with Gasteiger partial charge in [0.25, 0.3) is 0 Å². The maximum atomic E-state index is 12.0. The van der Waals surface area contributed by atoms with Crippen LogP contribution < -0.4 is 0 Å². The molecule has 0 bridgehead atoms. The van der Waals surface area contributed by atoms with Crippen molar-refractivity contribution >= 4 is 5.91 Å². The molecule has 1 heterocycles. The molecular formula is C18H36N2O. The van der Waals surface area contributed by atoms with Gasteiger partial charge in [-0.1, -0.05) is 34.6 Å². The molecule has 0 spiro atoms. The van der Waals surface area contributed by atoms with Gasteiger partial charge in [-0.3, -0.25) is 4.79 Å². The highest BCUT2D eigenvalue weighted by Crippen LogP contribution is 2.38. The first-order valence-electron chi connectivity index (χ1n) is 8.77. The number of hydrogen-bond acceptors (Lipinski definition) is 2. The van der Waals surface area contributed by atoms with E-state index in [1.54, 1.807) is 0 Å². The van der Waals surface area contributed by atoms with Crippen LogP contribution in [-0.4, -0.2) is 48.9 Å². The lowest BCUT2D eigenvalue weighted by Crippen LogP contribution is -2.59. The van der Waals surface area contributed by atoms with Crippen LogP contribution in [-0.2, 0) is 4.79 Å². The summed E-state index contributed by atoms with van der Waals surface area (Å²) in [4.78, 5) is 16.5. The van der Waals surface area contributed by atoms with Crippen LogP contribution in [0.2, 0.25) is 0 Å². The summed E-state index contributed by atoms with van der Waals surface area (Å²) >= 11 is 0. The number of likely N-dealkylation sites (tertiary alicyclic amines) is 1. The Bertz CT molecular complexity index is 319. The third-order valence-corrected chi connectivity index (χ3v) is 4.95. The Hall–Kier alpha value is -0.570. The maximum Gasteiger partial charge on any atom is 0.225 e. The standard InChI is InChI=1S/C18H36N2O/c1-7-18(13-20(14-18)17(21)16(4)5)10-12-19(6)11-8-9-15(2)3/h15-16H,7-14H2,1-6H3. The molecule has 0 aromatic rings. The van der Waals surface area contributed by atoms with Crippen LogP contribution in [0.3, 0.4) is 0 Å². The van der Waals surface area contributed by atoms with E-state index in [0.29, 0.717) is 11.3 Å². The Balaban J connectivity index is 2.28. The maximum absolute atomic E-state index is 12.0. The van der Waals surface area contributed by atoms with E-state index in [1.165, 1.54) is 32.2 Å². The van der Waals surface area contributed by atoms with Gasteiger partial charge < -0.3 is 9.80 Å². The third-order valence-electron chi connectivity index (χ3n) is 4.95. The minimum atomic E-state index is 0.138. The SMILES string of the molecule is CCC1(CCN(C)CCCC(C)C)CN(C(=O)C(C)C)C1. The summed E-state index contributed by atoms with van der Waals surface area (Å²) in [6.45, 7) is 15.2. The number of amides is 1. The van der Waals surface area contributed by atoms with Gasteiger partial charge in [0.1, 0.15) is 0 Å². The number of carbonyl (C=O) groups excluding carboxylic acids is 1. The van der Waals surface area contributed by atoms with Gasteiger partial charge in [-0.05, 0) is 51.7 Å². The largest absolute Gasteiger partial charge is 0.341 e. The second-order valence-corrected chi connectivity index (χ2v) is 7.79. The summed E-state index contributed by atoms with van der Waals surface area (Å²) in [6, 6.07) is 0. The lowest BCUT2D eigenvalue weighted by Gasteiger charge is -2.51. The van der Waals surface area contributed by atoms with Gasteiger partial charge in [0.05, 0.1) is 0 Å². The van der Waals surface area contributed by atoms with E-state index in [4.69, 9.17) is 0 Å². The molecule has 1 rings (SSSR count). The van der Waals surface area contributed by atoms with Crippen molar-refractivity contribution in [2.24, 2.45) is 17.3 Å². The quantitative estimate of drug-likeness (QED) is 0.648.